The van der Waals surface area contributed by atoms with Crippen molar-refractivity contribution < 1.29 is 9.59 Å². The summed E-state index contributed by atoms with van der Waals surface area (Å²) in [6.07, 6.45) is 0. The van der Waals surface area contributed by atoms with Gasteiger partial charge in [-0.1, -0.05) is 24.3 Å². The lowest BCUT2D eigenvalue weighted by Gasteiger charge is -2.17. The summed E-state index contributed by atoms with van der Waals surface area (Å²) in [5.74, 6) is -0.122. The number of hydrogen-bond donors (Lipinski definition) is 2. The van der Waals surface area contributed by atoms with Crippen molar-refractivity contribution in [3.8, 4) is 0 Å². The van der Waals surface area contributed by atoms with E-state index in [-0.39, 0.29) is 11.9 Å². The lowest BCUT2D eigenvalue weighted by molar-refractivity contribution is 0.103. The van der Waals surface area contributed by atoms with Crippen LogP contribution < -0.4 is 10.6 Å². The van der Waals surface area contributed by atoms with Crippen molar-refractivity contribution >= 4 is 29.0 Å². The molecule has 21 heavy (non-hydrogen) atoms. The number of thiophene rings is 1. The third-order valence-electron chi connectivity index (χ3n) is 3.32. The van der Waals surface area contributed by atoms with Gasteiger partial charge in [0.15, 0.2) is 0 Å². The Balaban J connectivity index is 1.76. The number of nitrogens with zero attached hydrogens (tertiary/aromatic N) is 1. The number of carbonyl (C=O) groups is 2. The fraction of sp³-hybridized carbons (Fsp3) is 0.200. The standard InChI is InChI=1S/C15H15N3O2S/c19-14(13-6-3-9-21-13)17-12-5-2-1-4-11(12)10-18-8-7-16-15(18)20/h1-6,9H,7-8,10H2,(H,16,20)(H,17,19). The molecule has 5 nitrogen and oxygen atoms in total. The number of carbonyl (C=O) groups excluding carboxylic acids is 2. The number of rotatable bonds is 4. The minimum atomic E-state index is -0.122. The number of amides is 3. The number of para-hydroxylation sites is 1. The Morgan fingerprint density at radius 1 is 1.29 bits per heavy atom. The first-order chi connectivity index (χ1) is 10.2. The first-order valence-electron chi connectivity index (χ1n) is 6.69. The fourth-order valence-corrected chi connectivity index (χ4v) is 2.86. The molecule has 0 spiro atoms. The second-order valence-corrected chi connectivity index (χ2v) is 5.69. The highest BCUT2D eigenvalue weighted by Crippen LogP contribution is 2.20. The molecule has 1 aliphatic heterocycles. The van der Waals surface area contributed by atoms with Gasteiger partial charge in [0, 0.05) is 25.3 Å². The third-order valence-corrected chi connectivity index (χ3v) is 4.19. The molecule has 3 amide bonds. The smallest absolute Gasteiger partial charge is 0.317 e. The lowest BCUT2D eigenvalue weighted by Crippen LogP contribution is -2.28. The summed E-state index contributed by atoms with van der Waals surface area (Å²) in [4.78, 5) is 26.2. The summed E-state index contributed by atoms with van der Waals surface area (Å²) in [6.45, 7) is 1.85. The molecule has 2 N–H and O–H groups in total. The Morgan fingerprint density at radius 3 is 2.86 bits per heavy atom. The van der Waals surface area contributed by atoms with Crippen molar-refractivity contribution in [2.24, 2.45) is 0 Å². The van der Waals surface area contributed by atoms with E-state index < -0.39 is 0 Å². The quantitative estimate of drug-likeness (QED) is 0.911. The molecule has 2 heterocycles. The van der Waals surface area contributed by atoms with Gasteiger partial charge in [0.25, 0.3) is 5.91 Å². The van der Waals surface area contributed by atoms with Crippen LogP contribution in [0.2, 0.25) is 0 Å². The zero-order chi connectivity index (χ0) is 14.7. The van der Waals surface area contributed by atoms with Gasteiger partial charge in [-0.3, -0.25) is 4.79 Å². The molecule has 1 saturated heterocycles. The average Bonchev–Trinajstić information content (AvgIpc) is 3.13. The van der Waals surface area contributed by atoms with E-state index in [4.69, 9.17) is 0 Å². The average molecular weight is 301 g/mol. The minimum Gasteiger partial charge on any atom is -0.336 e. The molecular weight excluding hydrogens is 286 g/mol. The monoisotopic (exact) mass is 301 g/mol. The molecule has 1 aromatic carbocycles. The normalized spacial score (nSPS) is 14.1. The highest BCUT2D eigenvalue weighted by atomic mass is 32.1. The van der Waals surface area contributed by atoms with Crippen LogP contribution in [0.1, 0.15) is 15.2 Å². The Bertz CT molecular complexity index is 655. The molecule has 1 aromatic heterocycles. The van der Waals surface area contributed by atoms with Gasteiger partial charge in [-0.15, -0.1) is 11.3 Å². The van der Waals surface area contributed by atoms with E-state index in [1.807, 2.05) is 35.7 Å². The Labute approximate surface area is 126 Å². The van der Waals surface area contributed by atoms with Gasteiger partial charge >= 0.3 is 6.03 Å². The van der Waals surface area contributed by atoms with E-state index in [1.54, 1.807) is 11.0 Å². The van der Waals surface area contributed by atoms with Crippen LogP contribution in [-0.4, -0.2) is 29.9 Å². The molecule has 108 valence electrons. The van der Waals surface area contributed by atoms with Crippen molar-refractivity contribution in [1.29, 1.82) is 0 Å². The molecule has 0 aliphatic carbocycles. The van der Waals surface area contributed by atoms with Crippen LogP contribution in [0.25, 0.3) is 0 Å². The maximum absolute atomic E-state index is 12.1. The van der Waals surface area contributed by atoms with Crippen molar-refractivity contribution in [3.63, 3.8) is 0 Å². The van der Waals surface area contributed by atoms with Crippen LogP contribution in [0.15, 0.2) is 41.8 Å². The molecule has 1 aliphatic rings. The van der Waals surface area contributed by atoms with Gasteiger partial charge in [0.1, 0.15) is 0 Å². The second-order valence-electron chi connectivity index (χ2n) is 4.74. The van der Waals surface area contributed by atoms with E-state index in [0.29, 0.717) is 24.5 Å². The van der Waals surface area contributed by atoms with Gasteiger partial charge in [-0.2, -0.15) is 0 Å². The van der Waals surface area contributed by atoms with Gasteiger partial charge < -0.3 is 15.5 Å². The maximum Gasteiger partial charge on any atom is 0.317 e. The Kier molecular flexibility index (Phi) is 3.87. The topological polar surface area (TPSA) is 61.4 Å². The molecule has 0 saturated carbocycles. The lowest BCUT2D eigenvalue weighted by atomic mass is 10.1. The van der Waals surface area contributed by atoms with E-state index in [2.05, 4.69) is 10.6 Å². The summed E-state index contributed by atoms with van der Waals surface area (Å²) in [5, 5.41) is 7.56. The van der Waals surface area contributed by atoms with Gasteiger partial charge in [0.2, 0.25) is 0 Å². The van der Waals surface area contributed by atoms with Crippen LogP contribution in [0, 0.1) is 0 Å². The Morgan fingerprint density at radius 2 is 2.14 bits per heavy atom. The second kappa shape index (κ2) is 5.97. The van der Waals surface area contributed by atoms with E-state index in [0.717, 1.165) is 11.3 Å². The van der Waals surface area contributed by atoms with Crippen LogP contribution >= 0.6 is 11.3 Å². The molecule has 6 heteroatoms. The van der Waals surface area contributed by atoms with E-state index in [9.17, 15) is 9.59 Å². The molecule has 0 bridgehead atoms. The zero-order valence-electron chi connectivity index (χ0n) is 11.3. The molecule has 0 unspecified atom stereocenters. The predicted octanol–water partition coefficient (Wildman–Crippen LogP) is 2.53. The fourth-order valence-electron chi connectivity index (χ4n) is 2.24. The van der Waals surface area contributed by atoms with Crippen LogP contribution in [0.4, 0.5) is 10.5 Å². The number of nitrogens with one attached hydrogen (secondary N) is 2. The Hall–Kier alpha value is -2.34. The van der Waals surface area contributed by atoms with E-state index in [1.165, 1.54) is 11.3 Å². The summed E-state index contributed by atoms with van der Waals surface area (Å²) in [7, 11) is 0. The number of anilines is 1. The van der Waals surface area contributed by atoms with Crippen molar-refractivity contribution in [2.75, 3.05) is 18.4 Å². The van der Waals surface area contributed by atoms with Crippen LogP contribution in [0.3, 0.4) is 0 Å². The maximum atomic E-state index is 12.1. The molecule has 1 fully saturated rings. The molecular formula is C15H15N3O2S. The van der Waals surface area contributed by atoms with Crippen LogP contribution in [0.5, 0.6) is 0 Å². The number of benzene rings is 1. The van der Waals surface area contributed by atoms with E-state index >= 15 is 0 Å². The summed E-state index contributed by atoms with van der Waals surface area (Å²) in [5.41, 5.74) is 1.68. The summed E-state index contributed by atoms with van der Waals surface area (Å²) < 4.78 is 0. The minimum absolute atomic E-state index is 0.0608. The van der Waals surface area contributed by atoms with Gasteiger partial charge in [0.05, 0.1) is 4.88 Å². The van der Waals surface area contributed by atoms with Crippen molar-refractivity contribution in [1.82, 2.24) is 10.2 Å². The highest BCUT2D eigenvalue weighted by molar-refractivity contribution is 7.12. The van der Waals surface area contributed by atoms with Gasteiger partial charge in [-0.25, -0.2) is 4.79 Å². The molecule has 0 radical (unpaired) electrons. The third kappa shape index (κ3) is 3.05. The first kappa shape index (κ1) is 13.6. The molecule has 0 atom stereocenters. The SMILES string of the molecule is O=C(Nc1ccccc1CN1CCNC1=O)c1cccs1. The predicted molar refractivity (Wildman–Crippen MR) is 82.5 cm³/mol. The summed E-state index contributed by atoms with van der Waals surface area (Å²) in [6, 6.07) is 11.1. The molecule has 3 rings (SSSR count). The van der Waals surface area contributed by atoms with Crippen molar-refractivity contribution in [3.05, 3.63) is 52.2 Å². The number of hydrogen-bond acceptors (Lipinski definition) is 3. The first-order valence-corrected chi connectivity index (χ1v) is 7.57. The number of urea groups is 1. The van der Waals surface area contributed by atoms with Crippen LogP contribution in [-0.2, 0) is 6.54 Å². The highest BCUT2D eigenvalue weighted by Gasteiger charge is 2.20. The largest absolute Gasteiger partial charge is 0.336 e. The summed E-state index contributed by atoms with van der Waals surface area (Å²) >= 11 is 1.40. The van der Waals surface area contributed by atoms with Crippen molar-refractivity contribution in [2.45, 2.75) is 6.54 Å². The molecule has 2 aromatic rings. The zero-order valence-corrected chi connectivity index (χ0v) is 12.2. The van der Waals surface area contributed by atoms with Gasteiger partial charge in [-0.05, 0) is 23.1 Å².